The number of rotatable bonds is 3. The van der Waals surface area contributed by atoms with Gasteiger partial charge in [-0.25, -0.2) is 8.42 Å². The van der Waals surface area contributed by atoms with Gasteiger partial charge in [0.1, 0.15) is 0 Å². The van der Waals surface area contributed by atoms with Crippen molar-refractivity contribution in [3.05, 3.63) is 50.6 Å². The normalized spacial score (nSPS) is 11.3. The Hall–Kier alpha value is -0.990. The SMILES string of the molecule is Cc1cc(Cl)c(N)cc1S(=O)(=O)Nc1cccc(I)c1. The number of nitrogens with one attached hydrogen (secondary N) is 1. The van der Waals surface area contributed by atoms with Gasteiger partial charge in [-0.2, -0.15) is 0 Å². The Kier molecular flexibility index (Phi) is 4.46. The summed E-state index contributed by atoms with van der Waals surface area (Å²) in [5.74, 6) is 0. The summed E-state index contributed by atoms with van der Waals surface area (Å²) < 4.78 is 28.2. The molecule has 4 nitrogen and oxygen atoms in total. The van der Waals surface area contributed by atoms with Crippen LogP contribution in [0.15, 0.2) is 41.3 Å². The van der Waals surface area contributed by atoms with Crippen molar-refractivity contribution in [2.75, 3.05) is 10.5 Å². The van der Waals surface area contributed by atoms with Gasteiger partial charge in [0.2, 0.25) is 0 Å². The molecule has 0 aliphatic carbocycles. The minimum atomic E-state index is -3.69. The minimum Gasteiger partial charge on any atom is -0.397 e. The number of hydrogen-bond donors (Lipinski definition) is 2. The van der Waals surface area contributed by atoms with Gasteiger partial charge in [0, 0.05) is 9.26 Å². The lowest BCUT2D eigenvalue weighted by Crippen LogP contribution is -2.14. The Labute approximate surface area is 136 Å². The number of hydrogen-bond acceptors (Lipinski definition) is 3. The van der Waals surface area contributed by atoms with E-state index in [0.29, 0.717) is 16.3 Å². The first-order valence-electron chi connectivity index (χ1n) is 5.63. The summed E-state index contributed by atoms with van der Waals surface area (Å²) in [7, 11) is -3.69. The van der Waals surface area contributed by atoms with E-state index >= 15 is 0 Å². The Balaban J connectivity index is 2.43. The van der Waals surface area contributed by atoms with Crippen LogP contribution < -0.4 is 10.5 Å². The van der Waals surface area contributed by atoms with Gasteiger partial charge in [0.25, 0.3) is 10.0 Å². The van der Waals surface area contributed by atoms with Crippen LogP contribution in [0.5, 0.6) is 0 Å². The number of sulfonamides is 1. The molecule has 7 heteroatoms. The second-order valence-corrected chi connectivity index (χ2v) is 7.56. The monoisotopic (exact) mass is 422 g/mol. The van der Waals surface area contributed by atoms with Crippen molar-refractivity contribution in [3.63, 3.8) is 0 Å². The quantitative estimate of drug-likeness (QED) is 0.586. The maximum Gasteiger partial charge on any atom is 0.262 e. The molecule has 0 amide bonds. The highest BCUT2D eigenvalue weighted by Gasteiger charge is 2.18. The molecule has 0 saturated carbocycles. The molecule has 0 fully saturated rings. The fraction of sp³-hybridized carbons (Fsp3) is 0.0769. The van der Waals surface area contributed by atoms with Gasteiger partial charge in [-0.15, -0.1) is 0 Å². The molecule has 0 unspecified atom stereocenters. The minimum absolute atomic E-state index is 0.123. The maximum absolute atomic E-state index is 12.4. The number of benzene rings is 2. The van der Waals surface area contributed by atoms with Crippen LogP contribution in [-0.2, 0) is 10.0 Å². The van der Waals surface area contributed by atoms with Crippen LogP contribution in [0.1, 0.15) is 5.56 Å². The lowest BCUT2D eigenvalue weighted by atomic mass is 10.2. The molecule has 2 aromatic rings. The van der Waals surface area contributed by atoms with E-state index in [1.54, 1.807) is 31.2 Å². The third-order valence-corrected chi connectivity index (χ3v) is 5.18. The van der Waals surface area contributed by atoms with E-state index in [1.165, 1.54) is 6.07 Å². The van der Waals surface area contributed by atoms with Crippen molar-refractivity contribution >= 4 is 55.6 Å². The first-order chi connectivity index (χ1) is 9.29. The van der Waals surface area contributed by atoms with Crippen LogP contribution in [0.4, 0.5) is 11.4 Å². The highest BCUT2D eigenvalue weighted by atomic mass is 127. The Bertz CT molecular complexity index is 763. The highest BCUT2D eigenvalue weighted by Crippen LogP contribution is 2.27. The number of anilines is 2. The van der Waals surface area contributed by atoms with Crippen LogP contribution in [-0.4, -0.2) is 8.42 Å². The summed E-state index contributed by atoms with van der Waals surface area (Å²) in [6.07, 6.45) is 0. The van der Waals surface area contributed by atoms with Crippen LogP contribution in [0, 0.1) is 10.5 Å². The average Bonchev–Trinajstić information content (AvgIpc) is 2.33. The van der Waals surface area contributed by atoms with Crippen molar-refractivity contribution in [2.24, 2.45) is 0 Å². The van der Waals surface area contributed by atoms with Gasteiger partial charge in [-0.05, 0) is 65.4 Å². The fourth-order valence-corrected chi connectivity index (χ4v) is 3.79. The molecule has 0 aliphatic heterocycles. The summed E-state index contributed by atoms with van der Waals surface area (Å²) in [6.45, 7) is 1.68. The Morgan fingerprint density at radius 2 is 1.95 bits per heavy atom. The van der Waals surface area contributed by atoms with Crippen LogP contribution in [0.2, 0.25) is 5.02 Å². The standard InChI is InChI=1S/C13H12ClIN2O2S/c1-8-5-11(14)12(16)7-13(8)20(18,19)17-10-4-2-3-9(15)6-10/h2-7,17H,16H2,1H3. The highest BCUT2D eigenvalue weighted by molar-refractivity contribution is 14.1. The number of nitrogen functional groups attached to an aromatic ring is 1. The molecule has 0 saturated heterocycles. The fourth-order valence-electron chi connectivity index (χ4n) is 1.72. The molecule has 20 heavy (non-hydrogen) atoms. The van der Waals surface area contributed by atoms with Crippen molar-refractivity contribution < 1.29 is 8.42 Å². The first-order valence-corrected chi connectivity index (χ1v) is 8.57. The average molecular weight is 423 g/mol. The van der Waals surface area contributed by atoms with Crippen LogP contribution >= 0.6 is 34.2 Å². The summed E-state index contributed by atoms with van der Waals surface area (Å²) in [6, 6.07) is 10.0. The van der Waals surface area contributed by atoms with E-state index in [9.17, 15) is 8.42 Å². The Morgan fingerprint density at radius 1 is 1.25 bits per heavy atom. The zero-order valence-corrected chi connectivity index (χ0v) is 14.3. The lowest BCUT2D eigenvalue weighted by molar-refractivity contribution is 0.600. The molecule has 3 N–H and O–H groups in total. The smallest absolute Gasteiger partial charge is 0.262 e. The van der Waals surface area contributed by atoms with Crippen molar-refractivity contribution in [2.45, 2.75) is 11.8 Å². The molecule has 2 rings (SSSR count). The number of nitrogens with two attached hydrogens (primary N) is 1. The summed E-state index contributed by atoms with van der Waals surface area (Å²) in [5.41, 5.74) is 6.96. The van der Waals surface area contributed by atoms with E-state index < -0.39 is 10.0 Å². The van der Waals surface area contributed by atoms with Gasteiger partial charge in [-0.1, -0.05) is 17.7 Å². The molecular formula is C13H12ClIN2O2S. The largest absolute Gasteiger partial charge is 0.397 e. The molecule has 0 aromatic heterocycles. The van der Waals surface area contributed by atoms with E-state index in [-0.39, 0.29) is 10.6 Å². The van der Waals surface area contributed by atoms with Crippen molar-refractivity contribution in [3.8, 4) is 0 Å². The molecule has 0 spiro atoms. The molecule has 2 aromatic carbocycles. The van der Waals surface area contributed by atoms with E-state index in [4.69, 9.17) is 17.3 Å². The van der Waals surface area contributed by atoms with E-state index in [2.05, 4.69) is 27.3 Å². The second kappa shape index (κ2) is 5.79. The van der Waals surface area contributed by atoms with Gasteiger partial charge in [-0.3, -0.25) is 4.72 Å². The van der Waals surface area contributed by atoms with Gasteiger partial charge >= 0.3 is 0 Å². The predicted octanol–water partition coefficient (Wildman–Crippen LogP) is 3.64. The number of halogens is 2. The summed E-state index contributed by atoms with van der Waals surface area (Å²) in [4.78, 5) is 0.123. The van der Waals surface area contributed by atoms with Crippen LogP contribution in [0.3, 0.4) is 0 Å². The zero-order valence-electron chi connectivity index (χ0n) is 10.5. The Morgan fingerprint density at radius 3 is 2.60 bits per heavy atom. The second-order valence-electron chi connectivity index (χ2n) is 4.26. The predicted molar refractivity (Wildman–Crippen MR) is 90.6 cm³/mol. The van der Waals surface area contributed by atoms with Gasteiger partial charge in [0.05, 0.1) is 15.6 Å². The van der Waals surface area contributed by atoms with E-state index in [0.717, 1.165) is 3.57 Å². The topological polar surface area (TPSA) is 72.2 Å². The van der Waals surface area contributed by atoms with Crippen molar-refractivity contribution in [1.82, 2.24) is 0 Å². The zero-order chi connectivity index (χ0) is 14.9. The molecule has 0 atom stereocenters. The third-order valence-electron chi connectivity index (χ3n) is 2.66. The molecule has 0 bridgehead atoms. The first kappa shape index (κ1) is 15.4. The van der Waals surface area contributed by atoms with Gasteiger partial charge in [0.15, 0.2) is 0 Å². The van der Waals surface area contributed by atoms with Gasteiger partial charge < -0.3 is 5.73 Å². The summed E-state index contributed by atoms with van der Waals surface area (Å²) >= 11 is 7.99. The molecule has 106 valence electrons. The lowest BCUT2D eigenvalue weighted by Gasteiger charge is -2.12. The maximum atomic E-state index is 12.4. The summed E-state index contributed by atoms with van der Waals surface area (Å²) in [5, 5.41) is 0.343. The molecule has 0 heterocycles. The molecule has 0 aliphatic rings. The van der Waals surface area contributed by atoms with Crippen LogP contribution in [0.25, 0.3) is 0 Å². The number of aryl methyl sites for hydroxylation is 1. The molecule has 0 radical (unpaired) electrons. The third kappa shape index (κ3) is 3.36. The van der Waals surface area contributed by atoms with E-state index in [1.807, 2.05) is 6.07 Å². The van der Waals surface area contributed by atoms with Crippen molar-refractivity contribution in [1.29, 1.82) is 0 Å². The molecular weight excluding hydrogens is 411 g/mol.